The van der Waals surface area contributed by atoms with Crippen molar-refractivity contribution in [3.8, 4) is 0 Å². The maximum atomic E-state index is 12.1. The monoisotopic (exact) mass is 336 g/mol. The second-order valence-corrected chi connectivity index (χ2v) is 6.41. The van der Waals surface area contributed by atoms with Crippen molar-refractivity contribution in [1.82, 2.24) is 15.5 Å². The van der Waals surface area contributed by atoms with E-state index in [9.17, 15) is 4.79 Å². The van der Waals surface area contributed by atoms with Crippen LogP contribution in [0.25, 0.3) is 0 Å². The molecule has 2 aromatic rings. The Balaban J connectivity index is 1.49. The van der Waals surface area contributed by atoms with Gasteiger partial charge >= 0.3 is 0 Å². The van der Waals surface area contributed by atoms with Crippen molar-refractivity contribution >= 4 is 17.4 Å². The third kappa shape index (κ3) is 5.14. The lowest BCUT2D eigenvalue weighted by molar-refractivity contribution is 0.0948. The van der Waals surface area contributed by atoms with E-state index in [1.165, 1.54) is 30.4 Å². The molecular weight excluding hydrogens is 312 g/mol. The number of benzene rings is 1. The summed E-state index contributed by atoms with van der Waals surface area (Å²) in [5.41, 5.74) is 3.94. The van der Waals surface area contributed by atoms with Crippen molar-refractivity contribution in [1.29, 1.82) is 0 Å². The van der Waals surface area contributed by atoms with Crippen LogP contribution in [0, 0.1) is 6.92 Å². The third-order valence-electron chi connectivity index (χ3n) is 4.34. The zero-order valence-corrected chi connectivity index (χ0v) is 14.6. The number of hydrogen-bond acceptors (Lipinski definition) is 4. The molecule has 0 radical (unpaired) electrons. The Hall–Kier alpha value is -2.69. The van der Waals surface area contributed by atoms with Gasteiger partial charge in [0, 0.05) is 12.2 Å². The molecule has 1 aliphatic carbocycles. The maximum Gasteiger partial charge on any atom is 0.271 e. The molecule has 0 bridgehead atoms. The van der Waals surface area contributed by atoms with Gasteiger partial charge in [0.1, 0.15) is 0 Å². The molecular formula is C20H24N4O. The van der Waals surface area contributed by atoms with Crippen LogP contribution in [0.1, 0.15) is 48.2 Å². The van der Waals surface area contributed by atoms with Gasteiger partial charge in [0.2, 0.25) is 0 Å². The highest BCUT2D eigenvalue weighted by atomic mass is 16.1. The van der Waals surface area contributed by atoms with Crippen molar-refractivity contribution in [2.45, 2.75) is 39.0 Å². The number of aryl methyl sites for hydroxylation is 1. The molecule has 0 saturated heterocycles. The van der Waals surface area contributed by atoms with E-state index < -0.39 is 0 Å². The van der Waals surface area contributed by atoms with Crippen LogP contribution in [0.4, 0.5) is 11.5 Å². The number of aromatic nitrogens is 2. The molecule has 2 N–H and O–H groups in total. The molecule has 0 fully saturated rings. The first kappa shape index (κ1) is 17.1. The van der Waals surface area contributed by atoms with E-state index in [-0.39, 0.29) is 5.91 Å². The second-order valence-electron chi connectivity index (χ2n) is 6.41. The highest BCUT2D eigenvalue weighted by Gasteiger charge is 2.09. The predicted molar refractivity (Wildman–Crippen MR) is 100.0 cm³/mol. The number of carbonyl (C=O) groups is 1. The van der Waals surface area contributed by atoms with E-state index >= 15 is 0 Å². The van der Waals surface area contributed by atoms with Crippen molar-refractivity contribution in [2.24, 2.45) is 0 Å². The van der Waals surface area contributed by atoms with Crippen LogP contribution in [0.3, 0.4) is 0 Å². The summed E-state index contributed by atoms with van der Waals surface area (Å²) < 4.78 is 0. The van der Waals surface area contributed by atoms with Gasteiger partial charge in [-0.1, -0.05) is 29.3 Å². The van der Waals surface area contributed by atoms with E-state index in [1.54, 1.807) is 12.1 Å². The van der Waals surface area contributed by atoms with Gasteiger partial charge in [0.25, 0.3) is 5.91 Å². The maximum absolute atomic E-state index is 12.1. The summed E-state index contributed by atoms with van der Waals surface area (Å²) in [6.45, 7) is 2.69. The Labute approximate surface area is 148 Å². The standard InChI is InChI=1S/C20H24N4O/c1-15-7-9-17(10-8-15)22-19-12-11-18(23-24-19)20(25)21-14-13-16-5-3-2-4-6-16/h5,7-12H,2-4,6,13-14H2,1H3,(H,21,25)(H,22,24). The lowest BCUT2D eigenvalue weighted by Crippen LogP contribution is -2.26. The van der Waals surface area contributed by atoms with Crippen molar-refractivity contribution < 1.29 is 4.79 Å². The number of allylic oxidation sites excluding steroid dienone is 1. The summed E-state index contributed by atoms with van der Waals surface area (Å²) in [6.07, 6.45) is 8.11. The van der Waals surface area contributed by atoms with E-state index in [2.05, 4.69) is 26.9 Å². The number of amides is 1. The smallest absolute Gasteiger partial charge is 0.271 e. The van der Waals surface area contributed by atoms with Crippen molar-refractivity contribution in [3.05, 3.63) is 59.3 Å². The molecule has 130 valence electrons. The van der Waals surface area contributed by atoms with Crippen LogP contribution in [-0.4, -0.2) is 22.6 Å². The molecule has 25 heavy (non-hydrogen) atoms. The van der Waals surface area contributed by atoms with Gasteiger partial charge in [-0.25, -0.2) is 0 Å². The van der Waals surface area contributed by atoms with Gasteiger partial charge in [-0.3, -0.25) is 4.79 Å². The SMILES string of the molecule is Cc1ccc(Nc2ccc(C(=O)NCCC3=CCCCC3)nn2)cc1. The molecule has 5 nitrogen and oxygen atoms in total. The molecule has 5 heteroatoms. The topological polar surface area (TPSA) is 66.9 Å². The van der Waals surface area contributed by atoms with Gasteiger partial charge < -0.3 is 10.6 Å². The van der Waals surface area contributed by atoms with Crippen molar-refractivity contribution in [2.75, 3.05) is 11.9 Å². The molecule has 1 amide bonds. The molecule has 3 rings (SSSR count). The van der Waals surface area contributed by atoms with Gasteiger partial charge in [0.15, 0.2) is 11.5 Å². The molecule has 1 aliphatic rings. The Morgan fingerprint density at radius 2 is 1.92 bits per heavy atom. The first-order valence-corrected chi connectivity index (χ1v) is 8.84. The Kier molecular flexibility index (Phi) is 5.77. The van der Waals surface area contributed by atoms with Crippen molar-refractivity contribution in [3.63, 3.8) is 0 Å². The fourth-order valence-electron chi connectivity index (χ4n) is 2.86. The van der Waals surface area contributed by atoms with Crippen LogP contribution in [0.15, 0.2) is 48.0 Å². The van der Waals surface area contributed by atoms with E-state index in [4.69, 9.17) is 0 Å². The molecule has 0 unspecified atom stereocenters. The van der Waals surface area contributed by atoms with Gasteiger partial charge in [-0.2, -0.15) is 0 Å². The second kappa shape index (κ2) is 8.42. The minimum Gasteiger partial charge on any atom is -0.350 e. The minimum atomic E-state index is -0.175. The first-order chi connectivity index (χ1) is 12.2. The molecule has 0 spiro atoms. The predicted octanol–water partition coefficient (Wildman–Crippen LogP) is 4.15. The number of carbonyl (C=O) groups excluding carboxylic acids is 1. The number of rotatable bonds is 6. The fraction of sp³-hybridized carbons (Fsp3) is 0.350. The number of hydrogen-bond donors (Lipinski definition) is 2. The summed E-state index contributed by atoms with van der Waals surface area (Å²) in [6, 6.07) is 11.5. The highest BCUT2D eigenvalue weighted by Crippen LogP contribution is 2.19. The Morgan fingerprint density at radius 3 is 2.60 bits per heavy atom. The number of anilines is 2. The summed E-state index contributed by atoms with van der Waals surface area (Å²) in [7, 11) is 0. The average Bonchev–Trinajstić information content (AvgIpc) is 2.65. The molecule has 1 heterocycles. The van der Waals surface area contributed by atoms with E-state index in [1.807, 2.05) is 31.2 Å². The van der Waals surface area contributed by atoms with Gasteiger partial charge in [0.05, 0.1) is 0 Å². The lowest BCUT2D eigenvalue weighted by atomic mass is 9.97. The first-order valence-electron chi connectivity index (χ1n) is 8.84. The number of nitrogens with zero attached hydrogens (tertiary/aromatic N) is 2. The van der Waals surface area contributed by atoms with Crippen LogP contribution in [-0.2, 0) is 0 Å². The lowest BCUT2D eigenvalue weighted by Gasteiger charge is -2.12. The summed E-state index contributed by atoms with van der Waals surface area (Å²) >= 11 is 0. The molecule has 1 aromatic carbocycles. The van der Waals surface area contributed by atoms with Crippen LogP contribution in [0.5, 0.6) is 0 Å². The molecule has 1 aromatic heterocycles. The quantitative estimate of drug-likeness (QED) is 0.778. The average molecular weight is 336 g/mol. The zero-order valence-electron chi connectivity index (χ0n) is 14.6. The van der Waals surface area contributed by atoms with E-state index in [0.717, 1.165) is 18.5 Å². The van der Waals surface area contributed by atoms with Crippen LogP contribution in [0.2, 0.25) is 0 Å². The largest absolute Gasteiger partial charge is 0.350 e. The fourth-order valence-corrected chi connectivity index (χ4v) is 2.86. The van der Waals surface area contributed by atoms with Crippen LogP contribution < -0.4 is 10.6 Å². The molecule has 0 atom stereocenters. The third-order valence-corrected chi connectivity index (χ3v) is 4.34. The summed E-state index contributed by atoms with van der Waals surface area (Å²) in [5.74, 6) is 0.443. The minimum absolute atomic E-state index is 0.175. The van der Waals surface area contributed by atoms with E-state index in [0.29, 0.717) is 18.1 Å². The van der Waals surface area contributed by atoms with Gasteiger partial charge in [-0.05, 0) is 63.3 Å². The number of nitrogens with one attached hydrogen (secondary N) is 2. The normalized spacial score (nSPS) is 13.9. The Bertz CT molecular complexity index is 735. The summed E-state index contributed by atoms with van der Waals surface area (Å²) in [4.78, 5) is 12.1. The molecule has 0 aliphatic heterocycles. The highest BCUT2D eigenvalue weighted by molar-refractivity contribution is 5.92. The summed E-state index contributed by atoms with van der Waals surface area (Å²) in [5, 5.41) is 14.2. The zero-order chi connectivity index (χ0) is 17.5. The van der Waals surface area contributed by atoms with Crippen LogP contribution >= 0.6 is 0 Å². The Morgan fingerprint density at radius 1 is 1.08 bits per heavy atom. The molecule has 0 saturated carbocycles. The van der Waals surface area contributed by atoms with Gasteiger partial charge in [-0.15, -0.1) is 10.2 Å².